The summed E-state index contributed by atoms with van der Waals surface area (Å²) in [7, 11) is 0. The molecule has 1 aromatic carbocycles. The second-order valence-corrected chi connectivity index (χ2v) is 6.82. The number of carbonyl (C=O) groups excluding carboxylic acids is 1. The molecule has 0 bridgehead atoms. The molecule has 1 unspecified atom stereocenters. The van der Waals surface area contributed by atoms with Crippen molar-refractivity contribution in [1.82, 2.24) is 4.90 Å². The first-order valence-corrected chi connectivity index (χ1v) is 8.26. The Hall–Kier alpha value is -1.82. The molecular formula is C17H16F3NOS. The van der Waals surface area contributed by atoms with Crippen LogP contribution in [0.4, 0.5) is 13.2 Å². The molecule has 1 aromatic heterocycles. The standard InChI is InChI=1S/C17H16F3NOS/c1-11-4-3-9-21(11)16(22)15-8-7-14(23-15)12-5-2-6-13(10-12)17(18,19)20/h2,5-8,10-11H,3-4,9H2,1H3. The molecule has 0 aliphatic carbocycles. The highest BCUT2D eigenvalue weighted by molar-refractivity contribution is 7.17. The molecule has 23 heavy (non-hydrogen) atoms. The fourth-order valence-electron chi connectivity index (χ4n) is 2.83. The van der Waals surface area contributed by atoms with Gasteiger partial charge in [-0.1, -0.05) is 12.1 Å². The number of rotatable bonds is 2. The van der Waals surface area contributed by atoms with Gasteiger partial charge in [-0.3, -0.25) is 4.79 Å². The van der Waals surface area contributed by atoms with Crippen molar-refractivity contribution in [2.45, 2.75) is 32.0 Å². The van der Waals surface area contributed by atoms with Crippen molar-refractivity contribution in [3.8, 4) is 10.4 Å². The van der Waals surface area contributed by atoms with Crippen LogP contribution in [0.3, 0.4) is 0 Å². The van der Waals surface area contributed by atoms with Gasteiger partial charge in [-0.2, -0.15) is 13.2 Å². The van der Waals surface area contributed by atoms with E-state index in [4.69, 9.17) is 0 Å². The van der Waals surface area contributed by atoms with Crippen LogP contribution in [0.25, 0.3) is 10.4 Å². The number of halogens is 3. The molecule has 0 saturated carbocycles. The van der Waals surface area contributed by atoms with E-state index in [1.54, 1.807) is 18.2 Å². The molecule has 6 heteroatoms. The van der Waals surface area contributed by atoms with Gasteiger partial charge in [-0.05, 0) is 49.6 Å². The number of nitrogens with zero attached hydrogens (tertiary/aromatic N) is 1. The van der Waals surface area contributed by atoms with Gasteiger partial charge in [0.1, 0.15) is 0 Å². The van der Waals surface area contributed by atoms with Gasteiger partial charge in [0.25, 0.3) is 5.91 Å². The summed E-state index contributed by atoms with van der Waals surface area (Å²) >= 11 is 1.24. The molecule has 2 aromatic rings. The maximum atomic E-state index is 12.8. The van der Waals surface area contributed by atoms with E-state index in [-0.39, 0.29) is 11.9 Å². The number of hydrogen-bond acceptors (Lipinski definition) is 2. The van der Waals surface area contributed by atoms with Crippen molar-refractivity contribution in [3.63, 3.8) is 0 Å². The third kappa shape index (κ3) is 3.27. The Bertz CT molecular complexity index is 723. The normalized spacial score (nSPS) is 18.4. The van der Waals surface area contributed by atoms with E-state index in [0.717, 1.165) is 31.5 Å². The summed E-state index contributed by atoms with van der Waals surface area (Å²) < 4.78 is 38.4. The van der Waals surface area contributed by atoms with E-state index in [2.05, 4.69) is 0 Å². The first-order chi connectivity index (χ1) is 10.9. The smallest absolute Gasteiger partial charge is 0.335 e. The lowest BCUT2D eigenvalue weighted by atomic mass is 10.1. The molecule has 2 nitrogen and oxygen atoms in total. The zero-order chi connectivity index (χ0) is 16.6. The lowest BCUT2D eigenvalue weighted by Gasteiger charge is -2.20. The van der Waals surface area contributed by atoms with Crippen molar-refractivity contribution in [3.05, 3.63) is 46.8 Å². The number of benzene rings is 1. The SMILES string of the molecule is CC1CCCN1C(=O)c1ccc(-c2cccc(C(F)(F)F)c2)s1. The summed E-state index contributed by atoms with van der Waals surface area (Å²) in [4.78, 5) is 15.6. The maximum absolute atomic E-state index is 12.8. The van der Waals surface area contributed by atoms with Crippen LogP contribution < -0.4 is 0 Å². The second-order valence-electron chi connectivity index (χ2n) is 5.73. The van der Waals surface area contributed by atoms with Gasteiger partial charge >= 0.3 is 6.18 Å². The van der Waals surface area contributed by atoms with E-state index >= 15 is 0 Å². The first kappa shape index (κ1) is 16.1. The zero-order valence-electron chi connectivity index (χ0n) is 12.6. The molecule has 122 valence electrons. The molecular weight excluding hydrogens is 323 g/mol. The molecule has 1 aliphatic rings. The van der Waals surface area contributed by atoms with E-state index in [0.29, 0.717) is 15.3 Å². The van der Waals surface area contributed by atoms with Crippen molar-refractivity contribution in [2.24, 2.45) is 0 Å². The fourth-order valence-corrected chi connectivity index (χ4v) is 3.79. The summed E-state index contributed by atoms with van der Waals surface area (Å²) in [6.45, 7) is 2.77. The number of amides is 1. The summed E-state index contributed by atoms with van der Waals surface area (Å²) in [6, 6.07) is 8.84. The Labute approximate surface area is 136 Å². The molecule has 1 saturated heterocycles. The Balaban J connectivity index is 1.86. The summed E-state index contributed by atoms with van der Waals surface area (Å²) in [5.74, 6) is -0.0294. The molecule has 0 spiro atoms. The zero-order valence-corrected chi connectivity index (χ0v) is 13.4. The first-order valence-electron chi connectivity index (χ1n) is 7.45. The van der Waals surface area contributed by atoms with Crippen LogP contribution in [0.5, 0.6) is 0 Å². The van der Waals surface area contributed by atoms with Crippen molar-refractivity contribution in [2.75, 3.05) is 6.54 Å². The second kappa shape index (κ2) is 6.00. The highest BCUT2D eigenvalue weighted by atomic mass is 32.1. The van der Waals surface area contributed by atoms with Crippen LogP contribution in [0, 0.1) is 0 Å². The largest absolute Gasteiger partial charge is 0.416 e. The van der Waals surface area contributed by atoms with E-state index < -0.39 is 11.7 Å². The highest BCUT2D eigenvalue weighted by Crippen LogP contribution is 2.35. The average Bonchev–Trinajstić information content (AvgIpc) is 3.15. The van der Waals surface area contributed by atoms with E-state index in [9.17, 15) is 18.0 Å². The van der Waals surface area contributed by atoms with Crippen LogP contribution in [0.1, 0.15) is 35.0 Å². The molecule has 1 fully saturated rings. The van der Waals surface area contributed by atoms with Crippen LogP contribution in [-0.2, 0) is 6.18 Å². The molecule has 0 radical (unpaired) electrons. The van der Waals surface area contributed by atoms with Gasteiger partial charge in [-0.25, -0.2) is 0 Å². The molecule has 1 aliphatic heterocycles. The number of likely N-dealkylation sites (tertiary alicyclic amines) is 1. The van der Waals surface area contributed by atoms with E-state index in [1.807, 2.05) is 11.8 Å². The van der Waals surface area contributed by atoms with Gasteiger partial charge in [0, 0.05) is 17.5 Å². The van der Waals surface area contributed by atoms with Gasteiger partial charge in [0.05, 0.1) is 10.4 Å². The third-order valence-corrected chi connectivity index (χ3v) is 5.23. The summed E-state index contributed by atoms with van der Waals surface area (Å²) in [5.41, 5.74) is -0.192. The molecule has 0 N–H and O–H groups in total. The number of carbonyl (C=O) groups is 1. The number of alkyl halides is 3. The predicted octanol–water partition coefficient (Wildman–Crippen LogP) is 5.06. The fraction of sp³-hybridized carbons (Fsp3) is 0.353. The quantitative estimate of drug-likeness (QED) is 0.749. The Kier molecular flexibility index (Phi) is 4.19. The van der Waals surface area contributed by atoms with Crippen molar-refractivity contribution >= 4 is 17.2 Å². The van der Waals surface area contributed by atoms with Crippen LogP contribution >= 0.6 is 11.3 Å². The predicted molar refractivity (Wildman–Crippen MR) is 84.5 cm³/mol. The summed E-state index contributed by atoms with van der Waals surface area (Å²) in [6.07, 6.45) is -2.37. The maximum Gasteiger partial charge on any atom is 0.416 e. The van der Waals surface area contributed by atoms with E-state index in [1.165, 1.54) is 17.4 Å². The van der Waals surface area contributed by atoms with Crippen molar-refractivity contribution < 1.29 is 18.0 Å². The number of hydrogen-bond donors (Lipinski definition) is 0. The average molecular weight is 339 g/mol. The van der Waals surface area contributed by atoms with Crippen molar-refractivity contribution in [1.29, 1.82) is 0 Å². The van der Waals surface area contributed by atoms with Crippen LogP contribution in [-0.4, -0.2) is 23.4 Å². The van der Waals surface area contributed by atoms with Gasteiger partial charge in [0.15, 0.2) is 0 Å². The van der Waals surface area contributed by atoms with Crippen LogP contribution in [0.15, 0.2) is 36.4 Å². The van der Waals surface area contributed by atoms with Gasteiger partial charge in [-0.15, -0.1) is 11.3 Å². The minimum atomic E-state index is -4.36. The van der Waals surface area contributed by atoms with Gasteiger partial charge in [0.2, 0.25) is 0 Å². The third-order valence-electron chi connectivity index (χ3n) is 4.11. The summed E-state index contributed by atoms with van der Waals surface area (Å²) in [5, 5.41) is 0. The number of thiophene rings is 1. The topological polar surface area (TPSA) is 20.3 Å². The van der Waals surface area contributed by atoms with Crippen LogP contribution in [0.2, 0.25) is 0 Å². The minimum Gasteiger partial charge on any atom is -0.335 e. The van der Waals surface area contributed by atoms with Gasteiger partial charge < -0.3 is 4.90 Å². The molecule has 1 amide bonds. The lowest BCUT2D eigenvalue weighted by molar-refractivity contribution is -0.137. The highest BCUT2D eigenvalue weighted by Gasteiger charge is 2.31. The minimum absolute atomic E-state index is 0.0294. The molecule has 3 rings (SSSR count). The Morgan fingerprint density at radius 1 is 1.26 bits per heavy atom. The Morgan fingerprint density at radius 2 is 2.04 bits per heavy atom. The lowest BCUT2D eigenvalue weighted by Crippen LogP contribution is -2.32. The Morgan fingerprint density at radius 3 is 2.70 bits per heavy atom. The monoisotopic (exact) mass is 339 g/mol. The molecule has 2 heterocycles. The molecule has 1 atom stereocenters.